The molecule has 0 bridgehead atoms. The van der Waals surface area contributed by atoms with Crippen LogP contribution in [0.15, 0.2) is 72.8 Å². The number of benzene rings is 3. The fourth-order valence-electron chi connectivity index (χ4n) is 6.05. The summed E-state index contributed by atoms with van der Waals surface area (Å²) in [5.74, 6) is 1.37. The molecular formula is C35H39FN6O2. The van der Waals surface area contributed by atoms with E-state index in [9.17, 15) is 9.18 Å². The molecular weight excluding hydrogens is 555 g/mol. The number of nitrogens with one attached hydrogen (secondary N) is 1. The topological polar surface area (TPSA) is 73.8 Å². The van der Waals surface area contributed by atoms with Crippen LogP contribution in [-0.4, -0.2) is 65.0 Å². The lowest BCUT2D eigenvalue weighted by molar-refractivity contribution is -0.136. The number of aryl methyl sites for hydroxylation is 1. The van der Waals surface area contributed by atoms with E-state index in [1.54, 1.807) is 12.1 Å². The Kier molecular flexibility index (Phi) is 8.86. The van der Waals surface area contributed by atoms with Gasteiger partial charge in [-0.3, -0.25) is 14.6 Å². The highest BCUT2D eigenvalue weighted by Crippen LogP contribution is 2.37. The number of anilines is 3. The van der Waals surface area contributed by atoms with Crippen LogP contribution in [0.2, 0.25) is 0 Å². The van der Waals surface area contributed by atoms with Gasteiger partial charge in [0.25, 0.3) is 0 Å². The first-order chi connectivity index (χ1) is 21.3. The number of esters is 1. The zero-order valence-electron chi connectivity index (χ0n) is 25.6. The number of fused-ring (bicyclic) bond motifs is 1. The number of ether oxygens (including phenoxy) is 1. The highest BCUT2D eigenvalue weighted by Gasteiger charge is 2.28. The zero-order chi connectivity index (χ0) is 30.6. The predicted molar refractivity (Wildman–Crippen MR) is 171 cm³/mol. The van der Waals surface area contributed by atoms with Crippen molar-refractivity contribution in [2.45, 2.75) is 39.8 Å². The molecule has 3 aromatic carbocycles. The number of rotatable bonds is 8. The number of aromatic nitrogens is 2. The van der Waals surface area contributed by atoms with Crippen molar-refractivity contribution in [2.24, 2.45) is 0 Å². The normalized spacial score (nSPS) is 17.3. The first-order valence-corrected chi connectivity index (χ1v) is 15.3. The lowest BCUT2D eigenvalue weighted by Crippen LogP contribution is -2.48. The number of piperazine rings is 1. The average molecular weight is 595 g/mol. The number of hydrogen-bond acceptors (Lipinski definition) is 8. The van der Waals surface area contributed by atoms with Gasteiger partial charge in [-0.05, 0) is 80.3 Å². The van der Waals surface area contributed by atoms with Crippen LogP contribution in [-0.2, 0) is 17.8 Å². The molecule has 0 amide bonds. The Morgan fingerprint density at radius 2 is 1.66 bits per heavy atom. The summed E-state index contributed by atoms with van der Waals surface area (Å²) in [7, 11) is 0. The molecule has 2 aliphatic rings. The van der Waals surface area contributed by atoms with E-state index in [4.69, 9.17) is 9.72 Å². The molecule has 1 aromatic heterocycles. The van der Waals surface area contributed by atoms with Gasteiger partial charge in [0, 0.05) is 56.2 Å². The van der Waals surface area contributed by atoms with E-state index >= 15 is 0 Å². The summed E-state index contributed by atoms with van der Waals surface area (Å²) in [6, 6.07) is 22.7. The van der Waals surface area contributed by atoms with E-state index in [1.165, 1.54) is 23.3 Å². The van der Waals surface area contributed by atoms with Crippen molar-refractivity contribution in [1.82, 2.24) is 19.8 Å². The van der Waals surface area contributed by atoms with Crippen molar-refractivity contribution < 1.29 is 13.9 Å². The molecule has 1 N–H and O–H groups in total. The molecule has 0 radical (unpaired) electrons. The molecule has 0 saturated carbocycles. The van der Waals surface area contributed by atoms with Gasteiger partial charge in [-0.25, -0.2) is 9.37 Å². The minimum absolute atomic E-state index is 0.0155. The van der Waals surface area contributed by atoms with Crippen molar-refractivity contribution in [2.75, 3.05) is 49.5 Å². The van der Waals surface area contributed by atoms with Gasteiger partial charge in [0.2, 0.25) is 5.95 Å². The van der Waals surface area contributed by atoms with Crippen LogP contribution in [0.4, 0.5) is 21.8 Å². The molecule has 3 heterocycles. The van der Waals surface area contributed by atoms with Crippen molar-refractivity contribution in [3.05, 3.63) is 107 Å². The predicted octanol–water partition coefficient (Wildman–Crippen LogP) is 5.82. The molecule has 2 aliphatic heterocycles. The largest absolute Gasteiger partial charge is 0.426 e. The summed E-state index contributed by atoms with van der Waals surface area (Å²) >= 11 is 0. The third-order valence-corrected chi connectivity index (χ3v) is 8.69. The molecule has 1 unspecified atom stereocenters. The van der Waals surface area contributed by atoms with Crippen LogP contribution in [0.3, 0.4) is 0 Å². The van der Waals surface area contributed by atoms with Crippen LogP contribution < -0.4 is 15.0 Å². The SMILES string of the molecule is Cc1nc(Nc2ccc(F)cc2)nc(N2CCc3ccc(OC(=O)CN4CCN(Cc5ccccc5)CC4)cc3C2C)c1C. The number of carbonyl (C=O) groups excluding carboxylic acids is 1. The molecule has 1 fully saturated rings. The van der Waals surface area contributed by atoms with Crippen LogP contribution in [0, 0.1) is 19.7 Å². The quantitative estimate of drug-likeness (QED) is 0.202. The second-order valence-corrected chi connectivity index (χ2v) is 11.7. The first kappa shape index (κ1) is 29.7. The Bertz CT molecular complexity index is 1610. The number of nitrogens with zero attached hydrogens (tertiary/aromatic N) is 5. The molecule has 8 nitrogen and oxygen atoms in total. The highest BCUT2D eigenvalue weighted by atomic mass is 19.1. The standard InChI is InChI=1S/C35H39FN6O2/c1-24-25(2)37-35(38-30-12-10-29(36)11-13-30)39-34(24)42-16-15-28-9-14-31(21-32(28)26(42)3)44-33(43)23-41-19-17-40(18-20-41)22-27-7-5-4-6-8-27/h4-14,21,26H,15-20,22-23H2,1-3H3,(H,37,38,39). The van der Waals surface area contributed by atoms with Gasteiger partial charge in [0.1, 0.15) is 17.4 Å². The third-order valence-electron chi connectivity index (χ3n) is 8.69. The highest BCUT2D eigenvalue weighted by molar-refractivity contribution is 5.74. The minimum Gasteiger partial charge on any atom is -0.426 e. The average Bonchev–Trinajstić information content (AvgIpc) is 3.02. The van der Waals surface area contributed by atoms with E-state index in [-0.39, 0.29) is 24.4 Å². The maximum atomic E-state index is 13.4. The summed E-state index contributed by atoms with van der Waals surface area (Å²) in [4.78, 5) is 29.3. The van der Waals surface area contributed by atoms with E-state index in [0.717, 1.165) is 74.0 Å². The smallest absolute Gasteiger partial charge is 0.325 e. The van der Waals surface area contributed by atoms with E-state index in [0.29, 0.717) is 11.7 Å². The first-order valence-electron chi connectivity index (χ1n) is 15.3. The summed E-state index contributed by atoms with van der Waals surface area (Å²) in [6.45, 7) is 11.7. The molecule has 6 rings (SSSR count). The van der Waals surface area contributed by atoms with Crippen molar-refractivity contribution in [3.8, 4) is 5.75 Å². The van der Waals surface area contributed by atoms with Crippen molar-refractivity contribution >= 4 is 23.4 Å². The second kappa shape index (κ2) is 13.1. The Morgan fingerprint density at radius 1 is 0.932 bits per heavy atom. The Hall–Kier alpha value is -4.34. The van der Waals surface area contributed by atoms with Crippen LogP contribution in [0.25, 0.3) is 0 Å². The summed E-state index contributed by atoms with van der Waals surface area (Å²) in [5, 5.41) is 3.21. The minimum atomic E-state index is -0.291. The molecule has 44 heavy (non-hydrogen) atoms. The molecule has 1 atom stereocenters. The van der Waals surface area contributed by atoms with Gasteiger partial charge < -0.3 is 15.0 Å². The van der Waals surface area contributed by atoms with E-state index in [2.05, 4.69) is 62.3 Å². The fraction of sp³-hybridized carbons (Fsp3) is 0.343. The molecule has 228 valence electrons. The fourth-order valence-corrected chi connectivity index (χ4v) is 6.05. The van der Waals surface area contributed by atoms with Gasteiger partial charge in [0.15, 0.2) is 0 Å². The van der Waals surface area contributed by atoms with Gasteiger partial charge in [-0.2, -0.15) is 4.98 Å². The monoisotopic (exact) mass is 594 g/mol. The zero-order valence-corrected chi connectivity index (χ0v) is 25.6. The summed E-state index contributed by atoms with van der Waals surface area (Å²) < 4.78 is 19.3. The molecule has 0 spiro atoms. The maximum Gasteiger partial charge on any atom is 0.325 e. The van der Waals surface area contributed by atoms with Crippen LogP contribution in [0.5, 0.6) is 5.75 Å². The Morgan fingerprint density at radius 3 is 2.41 bits per heavy atom. The van der Waals surface area contributed by atoms with Crippen LogP contribution in [0.1, 0.15) is 40.9 Å². The third kappa shape index (κ3) is 6.90. The van der Waals surface area contributed by atoms with E-state index in [1.807, 2.05) is 32.0 Å². The molecule has 0 aliphatic carbocycles. The van der Waals surface area contributed by atoms with Gasteiger partial charge >= 0.3 is 5.97 Å². The number of carbonyl (C=O) groups is 1. The Balaban J connectivity index is 1.09. The lowest BCUT2D eigenvalue weighted by Gasteiger charge is -2.37. The molecule has 4 aromatic rings. The van der Waals surface area contributed by atoms with Gasteiger partial charge in [0.05, 0.1) is 12.6 Å². The molecule has 9 heteroatoms. The maximum absolute atomic E-state index is 13.4. The second-order valence-electron chi connectivity index (χ2n) is 11.7. The van der Waals surface area contributed by atoms with E-state index < -0.39 is 0 Å². The molecule has 1 saturated heterocycles. The van der Waals surface area contributed by atoms with Crippen molar-refractivity contribution in [3.63, 3.8) is 0 Å². The number of hydrogen-bond donors (Lipinski definition) is 1. The van der Waals surface area contributed by atoms with Gasteiger partial charge in [-0.15, -0.1) is 0 Å². The summed E-state index contributed by atoms with van der Waals surface area (Å²) in [6.07, 6.45) is 0.852. The lowest BCUT2D eigenvalue weighted by atomic mass is 9.93. The number of halogens is 1. The Labute approximate surface area is 258 Å². The van der Waals surface area contributed by atoms with Crippen molar-refractivity contribution in [1.29, 1.82) is 0 Å². The van der Waals surface area contributed by atoms with Crippen LogP contribution >= 0.6 is 0 Å². The van der Waals surface area contributed by atoms with Gasteiger partial charge in [-0.1, -0.05) is 36.4 Å². The summed E-state index contributed by atoms with van der Waals surface area (Å²) in [5.41, 5.74) is 6.29.